The average molecular weight is 304 g/mol. The van der Waals surface area contributed by atoms with E-state index in [1.54, 1.807) is 0 Å². The second kappa shape index (κ2) is 6.89. The van der Waals surface area contributed by atoms with Crippen molar-refractivity contribution in [1.29, 1.82) is 0 Å². The van der Waals surface area contributed by atoms with Gasteiger partial charge in [0.25, 0.3) is 0 Å². The van der Waals surface area contributed by atoms with E-state index < -0.39 is 0 Å². The first kappa shape index (κ1) is 15.8. The summed E-state index contributed by atoms with van der Waals surface area (Å²) in [4.78, 5) is 11.8. The molecule has 0 amide bonds. The van der Waals surface area contributed by atoms with Crippen LogP contribution in [0, 0.1) is 6.92 Å². The van der Waals surface area contributed by atoms with Gasteiger partial charge in [0.1, 0.15) is 17.5 Å². The normalized spacial score (nSPS) is 12.5. The maximum atomic E-state index is 4.63. The maximum absolute atomic E-state index is 4.63. The quantitative estimate of drug-likeness (QED) is 0.820. The van der Waals surface area contributed by atoms with Gasteiger partial charge in [-0.15, -0.1) is 11.3 Å². The molecule has 114 valence electrons. The van der Waals surface area contributed by atoms with Crippen LogP contribution in [0.4, 0.5) is 11.6 Å². The first-order chi connectivity index (χ1) is 9.99. The van der Waals surface area contributed by atoms with E-state index in [1.807, 2.05) is 17.4 Å². The Hall–Kier alpha value is -1.62. The van der Waals surface area contributed by atoms with Crippen molar-refractivity contribution in [1.82, 2.24) is 9.97 Å². The first-order valence-corrected chi connectivity index (χ1v) is 8.27. The maximum Gasteiger partial charge on any atom is 0.135 e. The van der Waals surface area contributed by atoms with E-state index in [1.165, 1.54) is 9.75 Å². The van der Waals surface area contributed by atoms with Gasteiger partial charge in [-0.25, -0.2) is 9.97 Å². The number of anilines is 2. The van der Waals surface area contributed by atoms with Crippen molar-refractivity contribution >= 4 is 23.0 Å². The van der Waals surface area contributed by atoms with Gasteiger partial charge in [0.2, 0.25) is 0 Å². The third-order valence-corrected chi connectivity index (χ3v) is 4.35. The lowest BCUT2D eigenvalue weighted by molar-refractivity contribution is 0.770. The molecule has 0 saturated heterocycles. The van der Waals surface area contributed by atoms with Crippen molar-refractivity contribution in [2.24, 2.45) is 0 Å². The fourth-order valence-electron chi connectivity index (χ4n) is 2.05. The average Bonchev–Trinajstić information content (AvgIpc) is 2.85. The molecule has 1 unspecified atom stereocenters. The summed E-state index contributed by atoms with van der Waals surface area (Å²) in [5, 5.41) is 6.76. The standard InChI is InChI=1S/C16H24N4S/c1-6-17-14-9-15(20-16(19-14)10(2)3)18-12(5)13-8-7-11(4)21-13/h7-10,12H,6H2,1-5H3,(H2,17,18,19,20). The molecule has 0 saturated carbocycles. The van der Waals surface area contributed by atoms with Crippen LogP contribution in [0.25, 0.3) is 0 Å². The Morgan fingerprint density at radius 3 is 2.43 bits per heavy atom. The van der Waals surface area contributed by atoms with Crippen molar-refractivity contribution < 1.29 is 0 Å². The fourth-order valence-corrected chi connectivity index (χ4v) is 2.93. The topological polar surface area (TPSA) is 49.8 Å². The van der Waals surface area contributed by atoms with E-state index in [4.69, 9.17) is 0 Å². The Morgan fingerprint density at radius 1 is 1.14 bits per heavy atom. The number of nitrogens with one attached hydrogen (secondary N) is 2. The third kappa shape index (κ3) is 4.17. The molecule has 21 heavy (non-hydrogen) atoms. The van der Waals surface area contributed by atoms with Crippen LogP contribution in [-0.4, -0.2) is 16.5 Å². The minimum atomic E-state index is 0.244. The van der Waals surface area contributed by atoms with Crippen molar-refractivity contribution in [3.63, 3.8) is 0 Å². The highest BCUT2D eigenvalue weighted by molar-refractivity contribution is 7.12. The zero-order valence-electron chi connectivity index (χ0n) is 13.4. The highest BCUT2D eigenvalue weighted by Crippen LogP contribution is 2.26. The van der Waals surface area contributed by atoms with Gasteiger partial charge in [-0.05, 0) is 32.9 Å². The number of hydrogen-bond donors (Lipinski definition) is 2. The summed E-state index contributed by atoms with van der Waals surface area (Å²) in [5.74, 6) is 2.94. The second-order valence-electron chi connectivity index (χ2n) is 5.50. The molecular formula is C16H24N4S. The lowest BCUT2D eigenvalue weighted by Crippen LogP contribution is -2.11. The van der Waals surface area contributed by atoms with Gasteiger partial charge >= 0.3 is 0 Å². The van der Waals surface area contributed by atoms with Gasteiger partial charge in [0.15, 0.2) is 0 Å². The van der Waals surface area contributed by atoms with Gasteiger partial charge in [0.05, 0.1) is 6.04 Å². The Kier molecular flexibility index (Phi) is 5.17. The van der Waals surface area contributed by atoms with E-state index in [9.17, 15) is 0 Å². The van der Waals surface area contributed by atoms with Gasteiger partial charge in [-0.1, -0.05) is 13.8 Å². The van der Waals surface area contributed by atoms with Crippen molar-refractivity contribution in [3.8, 4) is 0 Å². The van der Waals surface area contributed by atoms with Gasteiger partial charge in [-0.3, -0.25) is 0 Å². The summed E-state index contributed by atoms with van der Waals surface area (Å²) in [7, 11) is 0. The lowest BCUT2D eigenvalue weighted by Gasteiger charge is -2.16. The summed E-state index contributed by atoms with van der Waals surface area (Å²) < 4.78 is 0. The van der Waals surface area contributed by atoms with Crippen LogP contribution < -0.4 is 10.6 Å². The van der Waals surface area contributed by atoms with Crippen molar-refractivity contribution in [2.75, 3.05) is 17.2 Å². The van der Waals surface area contributed by atoms with Crippen molar-refractivity contribution in [2.45, 2.75) is 46.6 Å². The molecule has 2 aromatic heterocycles. The van der Waals surface area contributed by atoms with Crippen LogP contribution in [0.2, 0.25) is 0 Å². The molecule has 0 radical (unpaired) electrons. The van der Waals surface area contributed by atoms with Crippen molar-refractivity contribution in [3.05, 3.63) is 33.8 Å². The molecule has 0 aliphatic heterocycles. The molecule has 0 aliphatic rings. The molecular weight excluding hydrogens is 280 g/mol. The third-order valence-electron chi connectivity index (χ3n) is 3.17. The Morgan fingerprint density at radius 2 is 1.86 bits per heavy atom. The molecule has 5 heteroatoms. The first-order valence-electron chi connectivity index (χ1n) is 7.45. The van der Waals surface area contributed by atoms with Crippen LogP contribution in [0.3, 0.4) is 0 Å². The zero-order valence-corrected chi connectivity index (χ0v) is 14.2. The molecule has 0 bridgehead atoms. The molecule has 0 aliphatic carbocycles. The predicted octanol–water partition coefficient (Wildman–Crippen LogP) is 4.57. The summed E-state index contributed by atoms with van der Waals surface area (Å²) in [6, 6.07) is 6.55. The van der Waals surface area contributed by atoms with E-state index in [-0.39, 0.29) is 6.04 Å². The van der Waals surface area contributed by atoms with Crippen LogP contribution in [0.1, 0.15) is 55.2 Å². The Labute approximate surface area is 131 Å². The minimum absolute atomic E-state index is 0.244. The summed E-state index contributed by atoms with van der Waals surface area (Å²) in [6.07, 6.45) is 0. The Balaban J connectivity index is 2.21. The fraction of sp³-hybridized carbons (Fsp3) is 0.500. The van der Waals surface area contributed by atoms with Gasteiger partial charge in [0, 0.05) is 28.3 Å². The van der Waals surface area contributed by atoms with E-state index in [2.05, 4.69) is 67.4 Å². The van der Waals surface area contributed by atoms with Crippen LogP contribution >= 0.6 is 11.3 Å². The lowest BCUT2D eigenvalue weighted by atomic mass is 10.2. The monoisotopic (exact) mass is 304 g/mol. The highest BCUT2D eigenvalue weighted by Gasteiger charge is 2.12. The van der Waals surface area contributed by atoms with E-state index in [0.29, 0.717) is 5.92 Å². The second-order valence-corrected chi connectivity index (χ2v) is 6.82. The predicted molar refractivity (Wildman–Crippen MR) is 91.4 cm³/mol. The summed E-state index contributed by atoms with van der Waals surface area (Å²) in [6.45, 7) is 11.4. The number of hydrogen-bond acceptors (Lipinski definition) is 5. The number of aromatic nitrogens is 2. The molecule has 0 aromatic carbocycles. The molecule has 1 atom stereocenters. The summed E-state index contributed by atoms with van der Waals surface area (Å²) in [5.41, 5.74) is 0. The number of thiophene rings is 1. The number of rotatable bonds is 6. The molecule has 2 aromatic rings. The van der Waals surface area contributed by atoms with Gasteiger partial charge in [-0.2, -0.15) is 0 Å². The zero-order chi connectivity index (χ0) is 15.4. The van der Waals surface area contributed by atoms with Crippen LogP contribution in [-0.2, 0) is 0 Å². The van der Waals surface area contributed by atoms with E-state index >= 15 is 0 Å². The van der Waals surface area contributed by atoms with Gasteiger partial charge < -0.3 is 10.6 Å². The van der Waals surface area contributed by atoms with E-state index in [0.717, 1.165) is 24.0 Å². The number of nitrogens with zero attached hydrogens (tertiary/aromatic N) is 2. The number of aryl methyl sites for hydroxylation is 1. The molecule has 4 nitrogen and oxygen atoms in total. The minimum Gasteiger partial charge on any atom is -0.370 e. The molecule has 0 fully saturated rings. The highest BCUT2D eigenvalue weighted by atomic mass is 32.1. The molecule has 2 heterocycles. The summed E-state index contributed by atoms with van der Waals surface area (Å²) >= 11 is 1.82. The smallest absolute Gasteiger partial charge is 0.135 e. The van der Waals surface area contributed by atoms with Crippen LogP contribution in [0.15, 0.2) is 18.2 Å². The molecule has 0 spiro atoms. The SMILES string of the molecule is CCNc1cc(NC(C)c2ccc(C)s2)nc(C(C)C)n1. The Bertz CT molecular complexity index is 592. The van der Waals surface area contributed by atoms with Crippen LogP contribution in [0.5, 0.6) is 0 Å². The molecule has 2 N–H and O–H groups in total. The molecule has 2 rings (SSSR count). The largest absolute Gasteiger partial charge is 0.370 e.